The second-order valence-electron chi connectivity index (χ2n) is 6.22. The molecule has 0 unspecified atom stereocenters. The van der Waals surface area contributed by atoms with Gasteiger partial charge in [0.1, 0.15) is 34.9 Å². The van der Waals surface area contributed by atoms with E-state index in [1.165, 1.54) is 28.9 Å². The third kappa shape index (κ3) is 4.55. The summed E-state index contributed by atoms with van der Waals surface area (Å²) in [6, 6.07) is 10.1. The first-order chi connectivity index (χ1) is 13.9. The third-order valence-electron chi connectivity index (χ3n) is 4.18. The topological polar surface area (TPSA) is 96.7 Å². The van der Waals surface area contributed by atoms with E-state index in [2.05, 4.69) is 10.4 Å². The zero-order valence-corrected chi connectivity index (χ0v) is 15.1. The number of nitrogen functional groups attached to an aromatic ring is 1. The average Bonchev–Trinajstić information content (AvgIpc) is 3.00. The number of hydrogen-bond acceptors (Lipinski definition) is 4. The van der Waals surface area contributed by atoms with Gasteiger partial charge < -0.3 is 11.1 Å². The number of amides is 1. The number of hydrogen-bond donors (Lipinski definition) is 2. The van der Waals surface area contributed by atoms with Crippen molar-refractivity contribution < 1.29 is 18.0 Å². The van der Waals surface area contributed by atoms with Crippen molar-refractivity contribution in [3.8, 4) is 11.8 Å². The van der Waals surface area contributed by atoms with E-state index in [9.17, 15) is 23.2 Å². The Labute approximate surface area is 164 Å². The van der Waals surface area contributed by atoms with Gasteiger partial charge in [0.05, 0.1) is 11.4 Å². The largest absolute Gasteiger partial charge is 0.382 e. The highest BCUT2D eigenvalue weighted by atomic mass is 19.1. The summed E-state index contributed by atoms with van der Waals surface area (Å²) in [6.07, 6.45) is 0.747. The van der Waals surface area contributed by atoms with E-state index < -0.39 is 23.4 Å². The van der Waals surface area contributed by atoms with Crippen LogP contribution in [0.5, 0.6) is 0 Å². The van der Waals surface area contributed by atoms with E-state index >= 15 is 0 Å². The average molecular weight is 399 g/mol. The smallest absolute Gasteiger partial charge is 0.251 e. The van der Waals surface area contributed by atoms with Gasteiger partial charge in [0.2, 0.25) is 0 Å². The van der Waals surface area contributed by atoms with Crippen LogP contribution in [0.3, 0.4) is 0 Å². The number of carbonyl (C=O) groups excluding carboxylic acids is 1. The fourth-order valence-electron chi connectivity index (χ4n) is 2.80. The minimum atomic E-state index is -0.837. The number of carbonyl (C=O) groups is 1. The van der Waals surface area contributed by atoms with E-state index in [4.69, 9.17) is 5.73 Å². The molecule has 0 aliphatic heterocycles. The van der Waals surface area contributed by atoms with E-state index in [0.717, 1.165) is 12.1 Å². The first-order valence-electron chi connectivity index (χ1n) is 8.66. The number of aromatic nitrogens is 2. The maximum Gasteiger partial charge on any atom is 0.251 e. The highest BCUT2D eigenvalue weighted by Gasteiger charge is 2.16. The van der Waals surface area contributed by atoms with Crippen LogP contribution < -0.4 is 11.1 Å². The number of rotatable bonds is 6. The monoisotopic (exact) mass is 399 g/mol. The third-order valence-corrected chi connectivity index (χ3v) is 4.18. The van der Waals surface area contributed by atoms with Gasteiger partial charge >= 0.3 is 0 Å². The number of aryl methyl sites for hydroxylation is 1. The predicted molar refractivity (Wildman–Crippen MR) is 99.7 cm³/mol. The molecule has 1 aromatic heterocycles. The standard InChI is InChI=1S/C20H16F3N5O/c21-13-3-5-16(6-4-13)28-19(25)17(11-24)18(27-28)2-1-7-26-20(29)12-8-14(22)10-15(23)9-12/h3-6,8-10H,1-2,7,25H2,(H,26,29). The second kappa shape index (κ2) is 8.48. The first kappa shape index (κ1) is 19.9. The van der Waals surface area contributed by atoms with Crippen LogP contribution in [-0.2, 0) is 6.42 Å². The van der Waals surface area contributed by atoms with Gasteiger partial charge in [-0.15, -0.1) is 0 Å². The molecule has 0 fully saturated rings. The lowest BCUT2D eigenvalue weighted by Gasteiger charge is -2.05. The molecular formula is C20H16F3N5O. The zero-order chi connectivity index (χ0) is 21.0. The Morgan fingerprint density at radius 1 is 1.10 bits per heavy atom. The normalized spacial score (nSPS) is 10.6. The number of nitriles is 1. The molecule has 29 heavy (non-hydrogen) atoms. The number of nitrogens with two attached hydrogens (primary N) is 1. The molecule has 0 aliphatic rings. The van der Waals surface area contributed by atoms with Crippen molar-refractivity contribution in [3.05, 3.63) is 76.7 Å². The van der Waals surface area contributed by atoms with Gasteiger partial charge in [-0.2, -0.15) is 10.4 Å². The van der Waals surface area contributed by atoms with E-state index in [1.54, 1.807) is 0 Å². The van der Waals surface area contributed by atoms with Crippen molar-refractivity contribution in [2.45, 2.75) is 12.8 Å². The van der Waals surface area contributed by atoms with Gasteiger partial charge in [0.15, 0.2) is 0 Å². The molecule has 2 aromatic carbocycles. The fraction of sp³-hybridized carbons (Fsp3) is 0.150. The van der Waals surface area contributed by atoms with Gasteiger partial charge in [-0.3, -0.25) is 4.79 Å². The Kier molecular flexibility index (Phi) is 5.83. The molecule has 0 radical (unpaired) electrons. The predicted octanol–water partition coefficient (Wildman–Crippen LogP) is 3.11. The van der Waals surface area contributed by atoms with Crippen LogP contribution in [0.2, 0.25) is 0 Å². The minimum absolute atomic E-state index is 0.120. The van der Waals surface area contributed by atoms with Crippen LogP contribution in [0.25, 0.3) is 5.69 Å². The maximum absolute atomic E-state index is 13.2. The Hall–Kier alpha value is -3.80. The number of halogens is 3. The van der Waals surface area contributed by atoms with Gasteiger partial charge in [0, 0.05) is 18.2 Å². The summed E-state index contributed by atoms with van der Waals surface area (Å²) in [5.41, 5.74) is 7.00. The second-order valence-corrected chi connectivity index (χ2v) is 6.22. The summed E-state index contributed by atoms with van der Waals surface area (Å²) in [6.45, 7) is 0.200. The van der Waals surface area contributed by atoms with Crippen molar-refractivity contribution in [1.29, 1.82) is 5.26 Å². The molecule has 6 nitrogen and oxygen atoms in total. The van der Waals surface area contributed by atoms with Crippen molar-refractivity contribution >= 4 is 11.7 Å². The Morgan fingerprint density at radius 2 is 1.76 bits per heavy atom. The first-order valence-corrected chi connectivity index (χ1v) is 8.66. The van der Waals surface area contributed by atoms with Crippen molar-refractivity contribution in [1.82, 2.24) is 15.1 Å². The SMILES string of the molecule is N#Cc1c(CCCNC(=O)c2cc(F)cc(F)c2)nn(-c2ccc(F)cc2)c1N. The quantitative estimate of drug-likeness (QED) is 0.623. The Morgan fingerprint density at radius 3 is 2.38 bits per heavy atom. The summed E-state index contributed by atoms with van der Waals surface area (Å²) in [7, 11) is 0. The molecule has 0 saturated carbocycles. The minimum Gasteiger partial charge on any atom is -0.382 e. The van der Waals surface area contributed by atoms with Crippen molar-refractivity contribution in [2.75, 3.05) is 12.3 Å². The summed E-state index contributed by atoms with van der Waals surface area (Å²) in [4.78, 5) is 12.0. The molecule has 3 rings (SSSR count). The molecule has 0 aliphatic carbocycles. The lowest BCUT2D eigenvalue weighted by molar-refractivity contribution is 0.0952. The van der Waals surface area contributed by atoms with Crippen LogP contribution in [-0.4, -0.2) is 22.2 Å². The number of nitrogens with one attached hydrogen (secondary N) is 1. The van der Waals surface area contributed by atoms with Crippen molar-refractivity contribution in [2.24, 2.45) is 0 Å². The number of nitrogens with zero attached hydrogens (tertiary/aromatic N) is 3. The molecule has 1 amide bonds. The highest BCUT2D eigenvalue weighted by molar-refractivity contribution is 5.94. The molecule has 0 saturated heterocycles. The van der Waals surface area contributed by atoms with E-state index in [0.29, 0.717) is 30.3 Å². The maximum atomic E-state index is 13.2. The lowest BCUT2D eigenvalue weighted by atomic mass is 10.1. The molecule has 3 aromatic rings. The molecule has 9 heteroatoms. The van der Waals surface area contributed by atoms with Crippen LogP contribution in [0.15, 0.2) is 42.5 Å². The lowest BCUT2D eigenvalue weighted by Crippen LogP contribution is -2.25. The summed E-state index contributed by atoms with van der Waals surface area (Å²) in [5.74, 6) is -2.56. The van der Waals surface area contributed by atoms with Crippen molar-refractivity contribution in [3.63, 3.8) is 0 Å². The highest BCUT2D eigenvalue weighted by Crippen LogP contribution is 2.21. The summed E-state index contributed by atoms with van der Waals surface area (Å²) < 4.78 is 40.8. The van der Waals surface area contributed by atoms with Gasteiger partial charge in [0.25, 0.3) is 5.91 Å². The van der Waals surface area contributed by atoms with Gasteiger partial charge in [-0.1, -0.05) is 0 Å². The Balaban J connectivity index is 1.65. The van der Waals surface area contributed by atoms with Crippen LogP contribution in [0.1, 0.15) is 28.0 Å². The van der Waals surface area contributed by atoms with Crippen LogP contribution >= 0.6 is 0 Å². The van der Waals surface area contributed by atoms with E-state index in [1.807, 2.05) is 6.07 Å². The Bertz CT molecular complexity index is 1070. The molecular weight excluding hydrogens is 383 g/mol. The van der Waals surface area contributed by atoms with E-state index in [-0.39, 0.29) is 23.5 Å². The number of benzene rings is 2. The molecule has 1 heterocycles. The summed E-state index contributed by atoms with van der Waals surface area (Å²) in [5, 5.41) is 16.2. The van der Waals surface area contributed by atoms with Crippen LogP contribution in [0, 0.1) is 28.8 Å². The summed E-state index contributed by atoms with van der Waals surface area (Å²) >= 11 is 0. The molecule has 0 spiro atoms. The van der Waals surface area contributed by atoms with Gasteiger partial charge in [-0.25, -0.2) is 17.9 Å². The van der Waals surface area contributed by atoms with Gasteiger partial charge in [-0.05, 0) is 49.2 Å². The molecule has 148 valence electrons. The van der Waals surface area contributed by atoms with Crippen LogP contribution in [0.4, 0.5) is 19.0 Å². The molecule has 3 N–H and O–H groups in total. The fourth-order valence-corrected chi connectivity index (χ4v) is 2.80. The molecule has 0 bridgehead atoms. The number of anilines is 1. The molecule has 0 atom stereocenters. The zero-order valence-electron chi connectivity index (χ0n) is 15.1.